The van der Waals surface area contributed by atoms with E-state index >= 15 is 0 Å². The van der Waals surface area contributed by atoms with Gasteiger partial charge in [-0.25, -0.2) is 0 Å². The third-order valence-electron chi connectivity index (χ3n) is 3.06. The van der Waals surface area contributed by atoms with Crippen LogP contribution in [0, 0.1) is 0 Å². The van der Waals surface area contributed by atoms with Crippen LogP contribution in [0.1, 0.15) is 50.0 Å². The van der Waals surface area contributed by atoms with Crippen molar-refractivity contribution in [3.63, 3.8) is 0 Å². The lowest BCUT2D eigenvalue weighted by Gasteiger charge is -2.20. The predicted molar refractivity (Wildman–Crippen MR) is 58.4 cm³/mol. The summed E-state index contributed by atoms with van der Waals surface area (Å²) in [4.78, 5) is 0. The summed E-state index contributed by atoms with van der Waals surface area (Å²) in [6.45, 7) is 6.61. The summed E-state index contributed by atoms with van der Waals surface area (Å²) in [5.74, 6) is 0. The van der Waals surface area contributed by atoms with Crippen LogP contribution in [0.2, 0.25) is 0 Å². The summed E-state index contributed by atoms with van der Waals surface area (Å²) in [5.41, 5.74) is 3.97. The highest BCUT2D eigenvalue weighted by atomic mass is 16.3. The van der Waals surface area contributed by atoms with Gasteiger partial charge in [-0.15, -0.1) is 0 Å². The van der Waals surface area contributed by atoms with Crippen molar-refractivity contribution in [2.24, 2.45) is 0 Å². The Bertz CT molecular complexity index is 347. The molecular weight excluding hydrogens is 172 g/mol. The van der Waals surface area contributed by atoms with Crippen LogP contribution in [-0.2, 0) is 11.8 Å². The molecule has 0 aromatic heterocycles. The molecule has 1 heteroatoms. The molecule has 1 atom stereocenters. The van der Waals surface area contributed by atoms with Crippen LogP contribution in [0.25, 0.3) is 0 Å². The topological polar surface area (TPSA) is 20.2 Å². The zero-order valence-electron chi connectivity index (χ0n) is 9.17. The highest BCUT2D eigenvalue weighted by molar-refractivity contribution is 5.39. The van der Waals surface area contributed by atoms with Crippen LogP contribution in [0.15, 0.2) is 18.2 Å². The van der Waals surface area contributed by atoms with Crippen molar-refractivity contribution in [2.45, 2.75) is 45.1 Å². The number of aliphatic hydroxyl groups is 1. The van der Waals surface area contributed by atoms with Crippen molar-refractivity contribution in [3.8, 4) is 0 Å². The maximum atomic E-state index is 9.77. The first-order valence-electron chi connectivity index (χ1n) is 5.30. The second kappa shape index (κ2) is 3.09. The van der Waals surface area contributed by atoms with Gasteiger partial charge in [0.05, 0.1) is 6.10 Å². The Hall–Kier alpha value is -0.820. The third-order valence-corrected chi connectivity index (χ3v) is 3.06. The Kier molecular flexibility index (Phi) is 2.15. The monoisotopic (exact) mass is 190 g/mol. The van der Waals surface area contributed by atoms with Gasteiger partial charge < -0.3 is 5.11 Å². The minimum absolute atomic E-state index is 0.178. The summed E-state index contributed by atoms with van der Waals surface area (Å²) in [6, 6.07) is 6.54. The van der Waals surface area contributed by atoms with E-state index in [0.29, 0.717) is 0 Å². The van der Waals surface area contributed by atoms with E-state index in [2.05, 4.69) is 39.0 Å². The first kappa shape index (κ1) is 9.72. The van der Waals surface area contributed by atoms with Gasteiger partial charge in [0.1, 0.15) is 0 Å². The summed E-state index contributed by atoms with van der Waals surface area (Å²) in [7, 11) is 0. The van der Waals surface area contributed by atoms with Crippen molar-refractivity contribution in [3.05, 3.63) is 34.9 Å². The number of hydrogen-bond acceptors (Lipinski definition) is 1. The van der Waals surface area contributed by atoms with E-state index in [4.69, 9.17) is 0 Å². The fraction of sp³-hybridized carbons (Fsp3) is 0.538. The molecule has 0 fully saturated rings. The van der Waals surface area contributed by atoms with Crippen LogP contribution < -0.4 is 0 Å². The highest BCUT2D eigenvalue weighted by Gasteiger charge is 2.22. The summed E-state index contributed by atoms with van der Waals surface area (Å²) in [6.07, 6.45) is 1.69. The number of aryl methyl sites for hydroxylation is 1. The van der Waals surface area contributed by atoms with Crippen molar-refractivity contribution in [2.75, 3.05) is 0 Å². The van der Waals surface area contributed by atoms with E-state index in [0.717, 1.165) is 18.4 Å². The second-order valence-electron chi connectivity index (χ2n) is 5.22. The van der Waals surface area contributed by atoms with E-state index in [-0.39, 0.29) is 11.5 Å². The Morgan fingerprint density at radius 1 is 1.29 bits per heavy atom. The zero-order chi connectivity index (χ0) is 10.3. The number of rotatable bonds is 0. The molecule has 2 rings (SSSR count). The molecule has 1 nitrogen and oxygen atoms in total. The van der Waals surface area contributed by atoms with Gasteiger partial charge in [-0.1, -0.05) is 39.0 Å². The Morgan fingerprint density at radius 2 is 2.00 bits per heavy atom. The molecule has 0 bridgehead atoms. The molecule has 14 heavy (non-hydrogen) atoms. The average molecular weight is 190 g/mol. The van der Waals surface area contributed by atoms with Gasteiger partial charge in [0.2, 0.25) is 0 Å². The predicted octanol–water partition coefficient (Wildman–Crippen LogP) is 2.96. The minimum atomic E-state index is -0.229. The van der Waals surface area contributed by atoms with Crippen LogP contribution in [-0.4, -0.2) is 5.11 Å². The van der Waals surface area contributed by atoms with Gasteiger partial charge in [0.25, 0.3) is 0 Å². The molecule has 0 radical (unpaired) electrons. The fourth-order valence-corrected chi connectivity index (χ4v) is 2.05. The van der Waals surface area contributed by atoms with Crippen LogP contribution in [0.5, 0.6) is 0 Å². The standard InChI is InChI=1S/C13H18O/c1-13(2,3)10-6-4-9-5-7-12(14)11(9)8-10/h4,6,8,12,14H,5,7H2,1-3H3. The normalized spacial score (nSPS) is 21.0. The van der Waals surface area contributed by atoms with E-state index in [1.54, 1.807) is 0 Å². The molecule has 1 N–H and O–H groups in total. The average Bonchev–Trinajstić information content (AvgIpc) is 2.46. The molecule has 1 aliphatic rings. The number of hydrogen-bond donors (Lipinski definition) is 1. The molecule has 0 saturated carbocycles. The first-order chi connectivity index (χ1) is 6.48. The molecule has 0 spiro atoms. The number of aliphatic hydroxyl groups excluding tert-OH is 1. The molecule has 0 amide bonds. The second-order valence-corrected chi connectivity index (χ2v) is 5.22. The summed E-state index contributed by atoms with van der Waals surface area (Å²) in [5, 5.41) is 9.77. The molecule has 1 aromatic rings. The first-order valence-corrected chi connectivity index (χ1v) is 5.30. The minimum Gasteiger partial charge on any atom is -0.388 e. The smallest absolute Gasteiger partial charge is 0.0796 e. The maximum absolute atomic E-state index is 9.77. The lowest BCUT2D eigenvalue weighted by atomic mass is 9.85. The molecule has 0 heterocycles. The van der Waals surface area contributed by atoms with Gasteiger partial charge in [-0.2, -0.15) is 0 Å². The van der Waals surface area contributed by atoms with E-state index < -0.39 is 0 Å². The summed E-state index contributed by atoms with van der Waals surface area (Å²) < 4.78 is 0. The Morgan fingerprint density at radius 3 is 2.64 bits per heavy atom. The molecule has 1 aromatic carbocycles. The zero-order valence-corrected chi connectivity index (χ0v) is 9.17. The van der Waals surface area contributed by atoms with E-state index in [9.17, 15) is 5.11 Å². The maximum Gasteiger partial charge on any atom is 0.0796 e. The van der Waals surface area contributed by atoms with Crippen molar-refractivity contribution in [1.29, 1.82) is 0 Å². The highest BCUT2D eigenvalue weighted by Crippen LogP contribution is 2.34. The quantitative estimate of drug-likeness (QED) is 0.667. The van der Waals surface area contributed by atoms with Crippen molar-refractivity contribution < 1.29 is 5.11 Å². The molecular formula is C13H18O. The number of benzene rings is 1. The molecule has 0 aliphatic heterocycles. The van der Waals surface area contributed by atoms with Crippen molar-refractivity contribution in [1.82, 2.24) is 0 Å². The fourth-order valence-electron chi connectivity index (χ4n) is 2.05. The summed E-state index contributed by atoms with van der Waals surface area (Å²) >= 11 is 0. The van der Waals surface area contributed by atoms with Gasteiger partial charge in [0.15, 0.2) is 0 Å². The van der Waals surface area contributed by atoms with Gasteiger partial charge in [0, 0.05) is 0 Å². The SMILES string of the molecule is CC(C)(C)c1ccc2c(c1)C(O)CC2. The molecule has 1 aliphatic carbocycles. The molecule has 1 unspecified atom stereocenters. The Labute approximate surface area is 85.8 Å². The molecule has 0 saturated heterocycles. The largest absolute Gasteiger partial charge is 0.388 e. The third kappa shape index (κ3) is 1.57. The van der Waals surface area contributed by atoms with Crippen molar-refractivity contribution >= 4 is 0 Å². The van der Waals surface area contributed by atoms with Crippen LogP contribution in [0.4, 0.5) is 0 Å². The Balaban J connectivity index is 2.45. The van der Waals surface area contributed by atoms with Gasteiger partial charge in [-0.3, -0.25) is 0 Å². The van der Waals surface area contributed by atoms with Crippen LogP contribution >= 0.6 is 0 Å². The van der Waals surface area contributed by atoms with Crippen LogP contribution in [0.3, 0.4) is 0 Å². The van der Waals surface area contributed by atoms with Gasteiger partial charge in [-0.05, 0) is 34.9 Å². The van der Waals surface area contributed by atoms with E-state index in [1.165, 1.54) is 11.1 Å². The van der Waals surface area contributed by atoms with Gasteiger partial charge >= 0.3 is 0 Å². The molecule has 76 valence electrons. The van der Waals surface area contributed by atoms with E-state index in [1.807, 2.05) is 0 Å². The lowest BCUT2D eigenvalue weighted by Crippen LogP contribution is -2.11. The number of fused-ring (bicyclic) bond motifs is 1. The lowest BCUT2D eigenvalue weighted by molar-refractivity contribution is 0.180.